The molecule has 2 rings (SSSR count). The minimum atomic E-state index is -0.372. The van der Waals surface area contributed by atoms with Crippen LogP contribution in [0.2, 0.25) is 0 Å². The molecule has 19 heavy (non-hydrogen) atoms. The van der Waals surface area contributed by atoms with Crippen molar-refractivity contribution in [1.82, 2.24) is 4.90 Å². The van der Waals surface area contributed by atoms with Crippen molar-refractivity contribution in [2.75, 3.05) is 12.0 Å². The van der Waals surface area contributed by atoms with Gasteiger partial charge in [0, 0.05) is 24.7 Å². The molecular formula is C13H20N4O2. The van der Waals surface area contributed by atoms with Crippen LogP contribution in [0.5, 0.6) is 0 Å². The average molecular weight is 264 g/mol. The Morgan fingerprint density at radius 3 is 2.95 bits per heavy atom. The first kappa shape index (κ1) is 13.8. The van der Waals surface area contributed by atoms with Crippen molar-refractivity contribution < 1.29 is 4.92 Å². The number of benzene rings is 1. The van der Waals surface area contributed by atoms with Gasteiger partial charge in [-0.05, 0) is 37.9 Å². The summed E-state index contributed by atoms with van der Waals surface area (Å²) >= 11 is 0. The van der Waals surface area contributed by atoms with Gasteiger partial charge in [-0.1, -0.05) is 6.42 Å². The molecule has 1 heterocycles. The first-order valence-corrected chi connectivity index (χ1v) is 6.60. The molecule has 1 saturated heterocycles. The van der Waals surface area contributed by atoms with E-state index in [9.17, 15) is 10.1 Å². The fraction of sp³-hybridized carbons (Fsp3) is 0.538. The van der Waals surface area contributed by atoms with Crippen LogP contribution in [0, 0.1) is 10.1 Å². The highest BCUT2D eigenvalue weighted by atomic mass is 16.6. The second kappa shape index (κ2) is 5.99. The minimum absolute atomic E-state index is 0.110. The van der Waals surface area contributed by atoms with E-state index in [0.29, 0.717) is 12.6 Å². The van der Waals surface area contributed by atoms with Gasteiger partial charge >= 0.3 is 0 Å². The molecule has 0 aromatic heterocycles. The SMILES string of the molecule is CC1CCCCN1Cc1cc([N+](=O)[O-])ccc1NN. The van der Waals surface area contributed by atoms with Crippen LogP contribution < -0.4 is 11.3 Å². The molecule has 6 nitrogen and oxygen atoms in total. The predicted octanol–water partition coefficient (Wildman–Crippen LogP) is 2.25. The smallest absolute Gasteiger partial charge is 0.269 e. The second-order valence-corrected chi connectivity index (χ2v) is 5.06. The molecule has 0 aliphatic carbocycles. The molecule has 0 spiro atoms. The Bertz CT molecular complexity index is 464. The molecule has 1 atom stereocenters. The Morgan fingerprint density at radius 1 is 1.53 bits per heavy atom. The summed E-state index contributed by atoms with van der Waals surface area (Å²) in [6, 6.07) is 5.26. The van der Waals surface area contributed by atoms with Gasteiger partial charge in [-0.15, -0.1) is 0 Å². The van der Waals surface area contributed by atoms with Crippen LogP contribution in [0.1, 0.15) is 31.7 Å². The number of nitro benzene ring substituents is 1. The summed E-state index contributed by atoms with van der Waals surface area (Å²) in [6.45, 7) is 3.93. The van der Waals surface area contributed by atoms with Crippen LogP contribution in [-0.4, -0.2) is 22.4 Å². The molecule has 1 aliphatic heterocycles. The standard InChI is InChI=1S/C13H20N4O2/c1-10-4-2-3-7-16(10)9-11-8-12(17(18)19)5-6-13(11)15-14/h5-6,8,10,15H,2-4,7,9,14H2,1H3. The summed E-state index contributed by atoms with van der Waals surface area (Å²) in [5.74, 6) is 5.48. The Hall–Kier alpha value is -1.66. The number of non-ortho nitro benzene ring substituents is 1. The number of hydrogen-bond donors (Lipinski definition) is 2. The van der Waals surface area contributed by atoms with Gasteiger partial charge in [-0.25, -0.2) is 0 Å². The fourth-order valence-electron chi connectivity index (χ4n) is 2.58. The molecular weight excluding hydrogens is 244 g/mol. The zero-order valence-corrected chi connectivity index (χ0v) is 11.1. The van der Waals surface area contributed by atoms with Crippen LogP contribution in [0.25, 0.3) is 0 Å². The number of hydrogen-bond acceptors (Lipinski definition) is 5. The van der Waals surface area contributed by atoms with E-state index in [0.717, 1.165) is 17.8 Å². The second-order valence-electron chi connectivity index (χ2n) is 5.06. The normalized spacial score (nSPS) is 20.2. The Kier molecular flexibility index (Phi) is 4.34. The number of nitrogens with two attached hydrogens (primary N) is 1. The van der Waals surface area contributed by atoms with Crippen LogP contribution >= 0.6 is 0 Å². The fourth-order valence-corrected chi connectivity index (χ4v) is 2.58. The number of hydrazine groups is 1. The Labute approximate surface area is 112 Å². The number of nitro groups is 1. The van der Waals surface area contributed by atoms with E-state index >= 15 is 0 Å². The van der Waals surface area contributed by atoms with E-state index in [4.69, 9.17) is 5.84 Å². The average Bonchev–Trinajstić information content (AvgIpc) is 2.41. The Morgan fingerprint density at radius 2 is 2.32 bits per heavy atom. The molecule has 0 radical (unpaired) electrons. The van der Waals surface area contributed by atoms with Crippen molar-refractivity contribution in [3.8, 4) is 0 Å². The summed E-state index contributed by atoms with van der Waals surface area (Å²) < 4.78 is 0. The number of anilines is 1. The van der Waals surface area contributed by atoms with Gasteiger partial charge in [0.05, 0.1) is 10.6 Å². The van der Waals surface area contributed by atoms with E-state index < -0.39 is 0 Å². The molecule has 0 bridgehead atoms. The monoisotopic (exact) mass is 264 g/mol. The van der Waals surface area contributed by atoms with Gasteiger partial charge < -0.3 is 5.43 Å². The molecule has 1 unspecified atom stereocenters. The third kappa shape index (κ3) is 3.21. The van der Waals surface area contributed by atoms with Crippen LogP contribution in [-0.2, 0) is 6.54 Å². The van der Waals surface area contributed by atoms with E-state index in [-0.39, 0.29) is 10.6 Å². The molecule has 3 N–H and O–H groups in total. The molecule has 1 aromatic rings. The topological polar surface area (TPSA) is 84.4 Å². The lowest BCUT2D eigenvalue weighted by atomic mass is 10.0. The van der Waals surface area contributed by atoms with Crippen LogP contribution in [0.15, 0.2) is 18.2 Å². The Balaban J connectivity index is 2.21. The lowest BCUT2D eigenvalue weighted by Crippen LogP contribution is -2.37. The molecule has 6 heteroatoms. The first-order chi connectivity index (χ1) is 9.11. The largest absolute Gasteiger partial charge is 0.324 e. The number of nitrogens with zero attached hydrogens (tertiary/aromatic N) is 2. The van der Waals surface area contributed by atoms with Crippen molar-refractivity contribution in [1.29, 1.82) is 0 Å². The predicted molar refractivity (Wildman–Crippen MR) is 74.6 cm³/mol. The highest BCUT2D eigenvalue weighted by molar-refractivity contribution is 5.55. The van der Waals surface area contributed by atoms with Gasteiger partial charge in [-0.3, -0.25) is 20.9 Å². The summed E-state index contributed by atoms with van der Waals surface area (Å²) in [5, 5.41) is 10.8. The van der Waals surface area contributed by atoms with Crippen molar-refractivity contribution in [2.24, 2.45) is 5.84 Å². The molecule has 1 aliphatic rings. The summed E-state index contributed by atoms with van der Waals surface area (Å²) in [5.41, 5.74) is 4.36. The third-order valence-corrected chi connectivity index (χ3v) is 3.77. The van der Waals surface area contributed by atoms with E-state index in [1.54, 1.807) is 12.1 Å². The summed E-state index contributed by atoms with van der Waals surface area (Å²) in [4.78, 5) is 12.8. The number of likely N-dealkylation sites (tertiary alicyclic amines) is 1. The first-order valence-electron chi connectivity index (χ1n) is 6.60. The number of piperidine rings is 1. The van der Waals surface area contributed by atoms with Gasteiger partial charge in [0.15, 0.2) is 0 Å². The van der Waals surface area contributed by atoms with E-state index in [1.165, 1.54) is 25.3 Å². The van der Waals surface area contributed by atoms with Crippen molar-refractivity contribution in [3.05, 3.63) is 33.9 Å². The summed E-state index contributed by atoms with van der Waals surface area (Å²) in [6.07, 6.45) is 3.62. The molecule has 1 fully saturated rings. The zero-order valence-electron chi connectivity index (χ0n) is 11.1. The van der Waals surface area contributed by atoms with Crippen molar-refractivity contribution in [3.63, 3.8) is 0 Å². The lowest BCUT2D eigenvalue weighted by Gasteiger charge is -2.33. The van der Waals surface area contributed by atoms with Gasteiger partial charge in [0.25, 0.3) is 5.69 Å². The van der Waals surface area contributed by atoms with Crippen molar-refractivity contribution in [2.45, 2.75) is 38.8 Å². The third-order valence-electron chi connectivity index (χ3n) is 3.77. The quantitative estimate of drug-likeness (QED) is 0.495. The van der Waals surface area contributed by atoms with Crippen molar-refractivity contribution >= 4 is 11.4 Å². The maximum absolute atomic E-state index is 10.8. The van der Waals surface area contributed by atoms with Gasteiger partial charge in [0.1, 0.15) is 0 Å². The molecule has 0 amide bonds. The van der Waals surface area contributed by atoms with Crippen LogP contribution in [0.3, 0.4) is 0 Å². The zero-order chi connectivity index (χ0) is 13.8. The lowest BCUT2D eigenvalue weighted by molar-refractivity contribution is -0.384. The maximum Gasteiger partial charge on any atom is 0.269 e. The molecule has 0 saturated carbocycles. The summed E-state index contributed by atoms with van der Waals surface area (Å²) in [7, 11) is 0. The van der Waals surface area contributed by atoms with Gasteiger partial charge in [-0.2, -0.15) is 0 Å². The van der Waals surface area contributed by atoms with Crippen LogP contribution in [0.4, 0.5) is 11.4 Å². The molecule has 1 aromatic carbocycles. The molecule has 104 valence electrons. The van der Waals surface area contributed by atoms with E-state index in [1.807, 2.05) is 0 Å². The maximum atomic E-state index is 10.8. The number of nitrogens with one attached hydrogen (secondary N) is 1. The van der Waals surface area contributed by atoms with E-state index in [2.05, 4.69) is 17.2 Å². The number of nitrogen functional groups attached to an aromatic ring is 1. The highest BCUT2D eigenvalue weighted by Gasteiger charge is 2.20. The minimum Gasteiger partial charge on any atom is -0.324 e. The van der Waals surface area contributed by atoms with Gasteiger partial charge in [0.2, 0.25) is 0 Å². The number of rotatable bonds is 4. The highest BCUT2D eigenvalue weighted by Crippen LogP contribution is 2.26.